The van der Waals surface area contributed by atoms with Crippen LogP contribution in [-0.4, -0.2) is 20.6 Å². The smallest absolute Gasteiger partial charge is 0.352 e. The lowest BCUT2D eigenvalue weighted by molar-refractivity contribution is 0.0686. The van der Waals surface area contributed by atoms with Gasteiger partial charge in [0.05, 0.1) is 12.2 Å². The molecule has 1 N–H and O–H groups in total. The quantitative estimate of drug-likeness (QED) is 0.619. The summed E-state index contributed by atoms with van der Waals surface area (Å²) >= 11 is 0. The fourth-order valence-electron chi connectivity index (χ4n) is 3.05. The van der Waals surface area contributed by atoms with E-state index in [1.54, 1.807) is 16.8 Å². The zero-order valence-electron chi connectivity index (χ0n) is 12.6. The van der Waals surface area contributed by atoms with Gasteiger partial charge in [0.15, 0.2) is 0 Å². The second kappa shape index (κ2) is 5.45. The summed E-state index contributed by atoms with van der Waals surface area (Å²) < 4.78 is 15.1. The number of carbonyl (C=O) groups is 1. The maximum atomic E-state index is 13.4. The van der Waals surface area contributed by atoms with Crippen molar-refractivity contribution < 1.29 is 14.3 Å². The van der Waals surface area contributed by atoms with Crippen LogP contribution in [0.15, 0.2) is 60.8 Å². The summed E-state index contributed by atoms with van der Waals surface area (Å²) in [6.45, 7) is 0.304. The Morgan fingerprint density at radius 2 is 1.92 bits per heavy atom. The third-order valence-corrected chi connectivity index (χ3v) is 4.15. The molecule has 2 heterocycles. The van der Waals surface area contributed by atoms with Crippen molar-refractivity contribution in [1.29, 1.82) is 0 Å². The van der Waals surface area contributed by atoms with E-state index in [0.717, 1.165) is 16.5 Å². The van der Waals surface area contributed by atoms with Crippen LogP contribution in [0.4, 0.5) is 4.39 Å². The van der Waals surface area contributed by atoms with Crippen LogP contribution in [0.3, 0.4) is 0 Å². The topological polar surface area (TPSA) is 55.1 Å². The number of nitrogens with zero attached hydrogens (tertiary/aromatic N) is 2. The van der Waals surface area contributed by atoms with Gasteiger partial charge in [-0.3, -0.25) is 4.98 Å². The first kappa shape index (κ1) is 14.4. The van der Waals surface area contributed by atoms with Crippen molar-refractivity contribution >= 4 is 27.6 Å². The Morgan fingerprint density at radius 3 is 2.75 bits per heavy atom. The summed E-state index contributed by atoms with van der Waals surface area (Å²) in [6, 6.07) is 15.5. The lowest BCUT2D eigenvalue weighted by Crippen LogP contribution is -2.10. The van der Waals surface area contributed by atoms with E-state index < -0.39 is 5.97 Å². The second-order valence-corrected chi connectivity index (χ2v) is 5.60. The zero-order valence-corrected chi connectivity index (χ0v) is 12.6. The molecule has 0 bridgehead atoms. The van der Waals surface area contributed by atoms with Crippen LogP contribution in [0.2, 0.25) is 0 Å². The van der Waals surface area contributed by atoms with Gasteiger partial charge in [0, 0.05) is 22.5 Å². The molecular formula is C19H13FN2O2. The molecule has 4 nitrogen and oxygen atoms in total. The first-order valence-electron chi connectivity index (χ1n) is 7.48. The zero-order chi connectivity index (χ0) is 16.7. The normalized spacial score (nSPS) is 11.2. The molecule has 0 amide bonds. The van der Waals surface area contributed by atoms with E-state index in [9.17, 15) is 14.3 Å². The first-order chi connectivity index (χ1) is 11.6. The van der Waals surface area contributed by atoms with E-state index in [1.165, 1.54) is 18.2 Å². The molecule has 4 aromatic rings. The summed E-state index contributed by atoms with van der Waals surface area (Å²) in [7, 11) is 0. The molecule has 0 aliphatic rings. The van der Waals surface area contributed by atoms with E-state index in [2.05, 4.69) is 4.98 Å². The fraction of sp³-hybridized carbons (Fsp3) is 0.0526. The number of carboxylic acid groups (broad SMARTS) is 1. The molecule has 5 heteroatoms. The summed E-state index contributed by atoms with van der Waals surface area (Å²) in [5, 5.41) is 12.1. The molecule has 2 aromatic carbocycles. The molecule has 0 unspecified atom stereocenters. The highest BCUT2D eigenvalue weighted by atomic mass is 19.1. The van der Waals surface area contributed by atoms with Crippen LogP contribution < -0.4 is 0 Å². The maximum absolute atomic E-state index is 13.4. The predicted octanol–water partition coefficient (Wildman–Crippen LogP) is 4.08. The van der Waals surface area contributed by atoms with Gasteiger partial charge in [-0.05, 0) is 35.7 Å². The van der Waals surface area contributed by atoms with Crippen molar-refractivity contribution in [1.82, 2.24) is 9.55 Å². The molecule has 0 atom stereocenters. The number of aromatic carboxylic acids is 1. The van der Waals surface area contributed by atoms with Crippen LogP contribution in [-0.2, 0) is 6.54 Å². The highest BCUT2D eigenvalue weighted by Crippen LogP contribution is 2.24. The number of hydrogen-bond acceptors (Lipinski definition) is 2. The molecule has 0 radical (unpaired) electrons. The minimum absolute atomic E-state index is 0.116. The fourth-order valence-corrected chi connectivity index (χ4v) is 3.05. The largest absolute Gasteiger partial charge is 0.477 e. The average molecular weight is 320 g/mol. The molecule has 24 heavy (non-hydrogen) atoms. The summed E-state index contributed by atoms with van der Waals surface area (Å²) in [5.74, 6) is -1.44. The van der Waals surface area contributed by atoms with E-state index >= 15 is 0 Å². The molecule has 2 aromatic heterocycles. The minimum Gasteiger partial charge on any atom is -0.477 e. The number of fused-ring (bicyclic) bond motifs is 2. The lowest BCUT2D eigenvalue weighted by Gasteiger charge is -2.10. The third-order valence-electron chi connectivity index (χ3n) is 4.15. The van der Waals surface area contributed by atoms with Gasteiger partial charge in [-0.2, -0.15) is 0 Å². The molecule has 0 aliphatic carbocycles. The number of benzene rings is 2. The molecule has 0 spiro atoms. The van der Waals surface area contributed by atoms with Crippen LogP contribution in [0.5, 0.6) is 0 Å². The predicted molar refractivity (Wildman–Crippen MR) is 89.7 cm³/mol. The highest BCUT2D eigenvalue weighted by Gasteiger charge is 2.16. The highest BCUT2D eigenvalue weighted by molar-refractivity contribution is 5.95. The van der Waals surface area contributed by atoms with Gasteiger partial charge in [-0.1, -0.05) is 24.3 Å². The number of halogens is 1. The number of aromatic nitrogens is 2. The van der Waals surface area contributed by atoms with Gasteiger partial charge in [0.25, 0.3) is 0 Å². The van der Waals surface area contributed by atoms with Gasteiger partial charge in [0.2, 0.25) is 0 Å². The summed E-state index contributed by atoms with van der Waals surface area (Å²) in [4.78, 5) is 16.0. The van der Waals surface area contributed by atoms with Crippen LogP contribution >= 0.6 is 0 Å². The van der Waals surface area contributed by atoms with Crippen molar-refractivity contribution in [2.24, 2.45) is 0 Å². The molecule has 118 valence electrons. The standard InChI is InChI=1S/C19H13FN2O2/c20-14-5-6-17-13(9-14)10-18(19(23)24)22(17)11-16-15-4-2-1-3-12(15)7-8-21-16/h1-10H,11H2,(H,23,24). The molecule has 0 aliphatic heterocycles. The van der Waals surface area contributed by atoms with Gasteiger partial charge in [-0.15, -0.1) is 0 Å². The van der Waals surface area contributed by atoms with Crippen molar-refractivity contribution in [3.05, 3.63) is 78.0 Å². The van der Waals surface area contributed by atoms with E-state index in [-0.39, 0.29) is 11.5 Å². The molecule has 0 saturated carbocycles. The molecule has 4 rings (SSSR count). The van der Waals surface area contributed by atoms with Gasteiger partial charge in [-0.25, -0.2) is 9.18 Å². The first-order valence-corrected chi connectivity index (χ1v) is 7.48. The molecular weight excluding hydrogens is 307 g/mol. The van der Waals surface area contributed by atoms with Crippen LogP contribution in [0, 0.1) is 5.82 Å². The average Bonchev–Trinajstić information content (AvgIpc) is 2.93. The van der Waals surface area contributed by atoms with Crippen molar-refractivity contribution in [2.75, 3.05) is 0 Å². The monoisotopic (exact) mass is 320 g/mol. The maximum Gasteiger partial charge on any atom is 0.352 e. The summed E-state index contributed by atoms with van der Waals surface area (Å²) in [5.41, 5.74) is 1.56. The Kier molecular flexibility index (Phi) is 3.27. The van der Waals surface area contributed by atoms with Crippen molar-refractivity contribution in [2.45, 2.75) is 6.54 Å². The van der Waals surface area contributed by atoms with Gasteiger partial charge >= 0.3 is 5.97 Å². The molecule has 0 fully saturated rings. The Hall–Kier alpha value is -3.21. The SMILES string of the molecule is O=C(O)c1cc2cc(F)ccc2n1Cc1nccc2ccccc12. The Balaban J connectivity index is 1.92. The lowest BCUT2D eigenvalue weighted by atomic mass is 10.1. The number of pyridine rings is 1. The van der Waals surface area contributed by atoms with Crippen molar-refractivity contribution in [3.63, 3.8) is 0 Å². The number of rotatable bonds is 3. The van der Waals surface area contributed by atoms with Crippen LogP contribution in [0.25, 0.3) is 21.7 Å². The van der Waals surface area contributed by atoms with Crippen LogP contribution in [0.1, 0.15) is 16.2 Å². The van der Waals surface area contributed by atoms with E-state index in [1.807, 2.05) is 30.3 Å². The second-order valence-electron chi connectivity index (χ2n) is 5.60. The Bertz CT molecular complexity index is 1080. The van der Waals surface area contributed by atoms with Gasteiger partial charge in [0.1, 0.15) is 11.5 Å². The summed E-state index contributed by atoms with van der Waals surface area (Å²) in [6.07, 6.45) is 1.71. The number of hydrogen-bond donors (Lipinski definition) is 1. The van der Waals surface area contributed by atoms with E-state index in [0.29, 0.717) is 17.4 Å². The molecule has 0 saturated heterocycles. The minimum atomic E-state index is -1.05. The number of carboxylic acids is 1. The Labute approximate surface area is 136 Å². The van der Waals surface area contributed by atoms with E-state index in [4.69, 9.17) is 0 Å². The Morgan fingerprint density at radius 1 is 1.08 bits per heavy atom. The van der Waals surface area contributed by atoms with Gasteiger partial charge < -0.3 is 9.67 Å². The third kappa shape index (κ3) is 2.31. The van der Waals surface area contributed by atoms with Crippen molar-refractivity contribution in [3.8, 4) is 0 Å².